The van der Waals surface area contributed by atoms with Crippen LogP contribution < -0.4 is 5.56 Å². The van der Waals surface area contributed by atoms with Gasteiger partial charge in [0, 0.05) is 16.6 Å². The van der Waals surface area contributed by atoms with Crippen LogP contribution in [0.3, 0.4) is 0 Å². The summed E-state index contributed by atoms with van der Waals surface area (Å²) in [7, 11) is 0. The zero-order valence-corrected chi connectivity index (χ0v) is 15.1. The number of aromatic nitrogens is 3. The fourth-order valence-corrected chi connectivity index (χ4v) is 2.71. The van der Waals surface area contributed by atoms with E-state index in [0.717, 1.165) is 10.9 Å². The van der Waals surface area contributed by atoms with E-state index in [1.165, 1.54) is 4.68 Å². The highest BCUT2D eigenvalue weighted by atomic mass is 79.9. The number of hydrogen-bond donors (Lipinski definition) is 0. The highest BCUT2D eigenvalue weighted by Crippen LogP contribution is 2.20. The van der Waals surface area contributed by atoms with Gasteiger partial charge in [0.25, 0.3) is 5.56 Å². The van der Waals surface area contributed by atoms with Gasteiger partial charge in [0.1, 0.15) is 5.82 Å². The van der Waals surface area contributed by atoms with Crippen molar-refractivity contribution in [1.82, 2.24) is 14.6 Å². The minimum atomic E-state index is -0.177. The van der Waals surface area contributed by atoms with E-state index in [1.54, 1.807) is 18.5 Å². The van der Waals surface area contributed by atoms with Gasteiger partial charge in [-0.3, -0.25) is 9.78 Å². The molecule has 1 aromatic carbocycles. The first-order valence-corrected chi connectivity index (χ1v) is 8.57. The van der Waals surface area contributed by atoms with E-state index in [2.05, 4.69) is 37.9 Å². The molecule has 0 amide bonds. The van der Waals surface area contributed by atoms with Gasteiger partial charge in [0.2, 0.25) is 0 Å². The van der Waals surface area contributed by atoms with Crippen LogP contribution in [0, 0.1) is 0 Å². The van der Waals surface area contributed by atoms with Crippen molar-refractivity contribution in [3.05, 3.63) is 68.9 Å². The van der Waals surface area contributed by atoms with Crippen molar-refractivity contribution in [3.63, 3.8) is 0 Å². The topological polar surface area (TPSA) is 60.1 Å². The summed E-state index contributed by atoms with van der Waals surface area (Å²) in [6.07, 6.45) is 4.14. The van der Waals surface area contributed by atoms with Crippen LogP contribution in [0.1, 0.15) is 37.7 Å². The summed E-state index contributed by atoms with van der Waals surface area (Å²) < 4.78 is 2.22. The molecule has 0 aliphatic carbocycles. The molecule has 0 saturated heterocycles. The van der Waals surface area contributed by atoms with Crippen LogP contribution in [-0.4, -0.2) is 20.9 Å². The van der Waals surface area contributed by atoms with E-state index < -0.39 is 0 Å². The first kappa shape index (κ1) is 16.5. The largest absolute Gasteiger partial charge is 0.282 e. The predicted octanol–water partition coefficient (Wildman–Crippen LogP) is 3.95. The SMILES string of the molecule is CC[C@@H](C)c1nc2ccc(Br)cc2c(=O)n1N=Cc1ccccn1. The van der Waals surface area contributed by atoms with E-state index in [0.29, 0.717) is 22.4 Å². The number of nitrogens with zero attached hydrogens (tertiary/aromatic N) is 4. The van der Waals surface area contributed by atoms with Crippen LogP contribution >= 0.6 is 15.9 Å². The lowest BCUT2D eigenvalue weighted by Crippen LogP contribution is -2.23. The smallest absolute Gasteiger partial charge is 0.267 e. The minimum absolute atomic E-state index is 0.117. The molecular weight excluding hydrogens is 368 g/mol. The molecule has 0 aliphatic heterocycles. The molecule has 0 radical (unpaired) electrons. The molecular formula is C18H17BrN4O. The molecule has 0 fully saturated rings. The van der Waals surface area contributed by atoms with Gasteiger partial charge < -0.3 is 0 Å². The summed E-state index contributed by atoms with van der Waals surface area (Å²) >= 11 is 3.40. The number of hydrogen-bond acceptors (Lipinski definition) is 4. The molecule has 2 heterocycles. The van der Waals surface area contributed by atoms with Crippen molar-refractivity contribution >= 4 is 33.0 Å². The van der Waals surface area contributed by atoms with Crippen molar-refractivity contribution in [3.8, 4) is 0 Å². The number of rotatable bonds is 4. The Morgan fingerprint density at radius 2 is 2.17 bits per heavy atom. The molecule has 0 saturated carbocycles. The Bertz CT molecular complexity index is 950. The lowest BCUT2D eigenvalue weighted by molar-refractivity contribution is 0.613. The van der Waals surface area contributed by atoms with Gasteiger partial charge in [-0.1, -0.05) is 35.8 Å². The molecule has 6 heteroatoms. The molecule has 1 atom stereocenters. The molecule has 2 aromatic heterocycles. The van der Waals surface area contributed by atoms with Gasteiger partial charge in [0.15, 0.2) is 0 Å². The Labute approximate surface area is 148 Å². The van der Waals surface area contributed by atoms with E-state index in [9.17, 15) is 4.79 Å². The van der Waals surface area contributed by atoms with Crippen LogP contribution in [0.15, 0.2) is 57.0 Å². The monoisotopic (exact) mass is 384 g/mol. The molecule has 0 unspecified atom stereocenters. The van der Waals surface area contributed by atoms with Crippen molar-refractivity contribution < 1.29 is 0 Å². The fraction of sp³-hybridized carbons (Fsp3) is 0.222. The molecule has 0 bridgehead atoms. The Hall–Kier alpha value is -2.34. The first-order valence-electron chi connectivity index (χ1n) is 7.77. The average molecular weight is 385 g/mol. The first-order chi connectivity index (χ1) is 11.6. The number of benzene rings is 1. The summed E-state index contributed by atoms with van der Waals surface area (Å²) in [4.78, 5) is 21.8. The summed E-state index contributed by atoms with van der Waals surface area (Å²) in [6.45, 7) is 4.11. The summed E-state index contributed by atoms with van der Waals surface area (Å²) in [5.41, 5.74) is 1.19. The highest BCUT2D eigenvalue weighted by molar-refractivity contribution is 9.10. The van der Waals surface area contributed by atoms with Crippen LogP contribution in [-0.2, 0) is 0 Å². The van der Waals surface area contributed by atoms with E-state index >= 15 is 0 Å². The quantitative estimate of drug-likeness (QED) is 0.639. The van der Waals surface area contributed by atoms with E-state index in [-0.39, 0.29) is 11.5 Å². The lowest BCUT2D eigenvalue weighted by Gasteiger charge is -2.13. The third-order valence-corrected chi connectivity index (χ3v) is 4.37. The zero-order chi connectivity index (χ0) is 17.1. The van der Waals surface area contributed by atoms with Gasteiger partial charge in [-0.15, -0.1) is 0 Å². The average Bonchev–Trinajstić information content (AvgIpc) is 2.61. The Balaban J connectivity index is 2.21. The molecule has 0 N–H and O–H groups in total. The molecule has 5 nitrogen and oxygen atoms in total. The molecule has 0 spiro atoms. The third kappa shape index (κ3) is 3.28. The molecule has 3 rings (SSSR count). The standard InChI is InChI=1S/C18H17BrN4O/c1-3-12(2)17-22-16-8-7-13(19)10-15(16)18(24)23(17)21-11-14-6-4-5-9-20-14/h4-12H,3H2,1-2H3/t12-/m1/s1. The second kappa shape index (κ2) is 7.05. The predicted molar refractivity (Wildman–Crippen MR) is 99.6 cm³/mol. The van der Waals surface area contributed by atoms with Crippen LogP contribution in [0.2, 0.25) is 0 Å². The Morgan fingerprint density at radius 1 is 1.33 bits per heavy atom. The summed E-state index contributed by atoms with van der Waals surface area (Å²) in [5, 5.41) is 4.90. The fourth-order valence-electron chi connectivity index (χ4n) is 2.35. The van der Waals surface area contributed by atoms with Crippen molar-refractivity contribution in [2.24, 2.45) is 5.10 Å². The van der Waals surface area contributed by atoms with Crippen molar-refractivity contribution in [2.45, 2.75) is 26.2 Å². The maximum atomic E-state index is 12.9. The Kier molecular flexibility index (Phi) is 4.85. The number of fused-ring (bicyclic) bond motifs is 1. The van der Waals surface area contributed by atoms with Crippen molar-refractivity contribution in [1.29, 1.82) is 0 Å². The second-order valence-electron chi connectivity index (χ2n) is 5.56. The van der Waals surface area contributed by atoms with Gasteiger partial charge in [-0.05, 0) is 36.8 Å². The van der Waals surface area contributed by atoms with E-state index in [4.69, 9.17) is 0 Å². The maximum absolute atomic E-state index is 12.9. The number of pyridine rings is 1. The summed E-state index contributed by atoms with van der Waals surface area (Å²) in [5.74, 6) is 0.774. The third-order valence-electron chi connectivity index (χ3n) is 3.88. The van der Waals surface area contributed by atoms with E-state index in [1.807, 2.05) is 37.3 Å². The molecule has 122 valence electrons. The molecule has 24 heavy (non-hydrogen) atoms. The van der Waals surface area contributed by atoms with Gasteiger partial charge in [0.05, 0.1) is 22.8 Å². The number of halogens is 1. The Morgan fingerprint density at radius 3 is 2.88 bits per heavy atom. The second-order valence-corrected chi connectivity index (χ2v) is 6.47. The van der Waals surface area contributed by atoms with Crippen LogP contribution in [0.4, 0.5) is 0 Å². The zero-order valence-electron chi connectivity index (χ0n) is 13.5. The van der Waals surface area contributed by atoms with Gasteiger partial charge in [-0.2, -0.15) is 9.78 Å². The normalized spacial score (nSPS) is 12.8. The lowest BCUT2D eigenvalue weighted by atomic mass is 10.1. The minimum Gasteiger partial charge on any atom is -0.267 e. The highest BCUT2D eigenvalue weighted by Gasteiger charge is 2.15. The van der Waals surface area contributed by atoms with Gasteiger partial charge >= 0.3 is 0 Å². The van der Waals surface area contributed by atoms with Crippen LogP contribution in [0.25, 0.3) is 10.9 Å². The van der Waals surface area contributed by atoms with Crippen molar-refractivity contribution in [2.75, 3.05) is 0 Å². The van der Waals surface area contributed by atoms with Gasteiger partial charge in [-0.25, -0.2) is 4.98 Å². The summed E-state index contributed by atoms with van der Waals surface area (Å²) in [6, 6.07) is 11.1. The van der Waals surface area contributed by atoms with Crippen LogP contribution in [0.5, 0.6) is 0 Å². The maximum Gasteiger partial charge on any atom is 0.282 e. The molecule has 3 aromatic rings. The molecule has 0 aliphatic rings.